The number of anilines is 1. The molecule has 17 heavy (non-hydrogen) atoms. The van der Waals surface area contributed by atoms with Crippen LogP contribution in [-0.4, -0.2) is 27.8 Å². The van der Waals surface area contributed by atoms with Crippen LogP contribution in [0.4, 0.5) is 10.5 Å². The van der Waals surface area contributed by atoms with Gasteiger partial charge < -0.3 is 10.6 Å². The van der Waals surface area contributed by atoms with Crippen molar-refractivity contribution >= 4 is 11.7 Å². The van der Waals surface area contributed by atoms with Crippen molar-refractivity contribution in [2.75, 3.05) is 11.9 Å². The van der Waals surface area contributed by atoms with Gasteiger partial charge in [0.05, 0.1) is 11.9 Å². The molecule has 6 heteroatoms. The third-order valence-corrected chi connectivity index (χ3v) is 2.15. The summed E-state index contributed by atoms with van der Waals surface area (Å²) in [4.78, 5) is 15.6. The number of aromatic nitrogens is 3. The molecular weight excluding hydrogens is 218 g/mol. The van der Waals surface area contributed by atoms with Crippen LogP contribution >= 0.6 is 0 Å². The fourth-order valence-electron chi connectivity index (χ4n) is 1.34. The van der Waals surface area contributed by atoms with E-state index in [1.165, 1.54) is 0 Å². The van der Waals surface area contributed by atoms with Gasteiger partial charge in [-0.05, 0) is 12.1 Å². The van der Waals surface area contributed by atoms with Crippen LogP contribution in [0.15, 0.2) is 36.8 Å². The van der Waals surface area contributed by atoms with E-state index in [0.717, 1.165) is 5.69 Å². The first-order chi connectivity index (χ1) is 8.34. The summed E-state index contributed by atoms with van der Waals surface area (Å²) in [5, 5.41) is 11.7. The van der Waals surface area contributed by atoms with Crippen molar-refractivity contribution in [3.8, 4) is 0 Å². The normalized spacial score (nSPS) is 9.88. The fourth-order valence-corrected chi connectivity index (χ4v) is 1.34. The molecule has 0 fully saturated rings. The van der Waals surface area contributed by atoms with E-state index >= 15 is 0 Å². The third kappa shape index (κ3) is 3.60. The van der Waals surface area contributed by atoms with Crippen LogP contribution < -0.4 is 10.6 Å². The van der Waals surface area contributed by atoms with Crippen molar-refractivity contribution in [1.82, 2.24) is 20.5 Å². The zero-order chi connectivity index (χ0) is 11.9. The van der Waals surface area contributed by atoms with Crippen LogP contribution in [0.25, 0.3) is 0 Å². The Morgan fingerprint density at radius 3 is 3.06 bits per heavy atom. The summed E-state index contributed by atoms with van der Waals surface area (Å²) < 4.78 is 0. The standard InChI is InChI=1S/C11H13N5O/c17-11(16-10-7-14-15-8-10)13-6-4-9-3-1-2-5-12-9/h1-3,5,7-8H,4,6H2,(H,14,15)(H2,13,16,17). The monoisotopic (exact) mass is 231 g/mol. The molecule has 3 N–H and O–H groups in total. The second kappa shape index (κ2) is 5.64. The quantitative estimate of drug-likeness (QED) is 0.738. The molecule has 0 bridgehead atoms. The summed E-state index contributed by atoms with van der Waals surface area (Å²) in [5.74, 6) is 0. The van der Waals surface area contributed by atoms with Gasteiger partial charge in [-0.15, -0.1) is 0 Å². The van der Waals surface area contributed by atoms with Gasteiger partial charge in [-0.25, -0.2) is 4.79 Å². The molecule has 0 aliphatic carbocycles. The highest BCUT2D eigenvalue weighted by Gasteiger charge is 2.01. The van der Waals surface area contributed by atoms with Gasteiger partial charge in [0.2, 0.25) is 0 Å². The van der Waals surface area contributed by atoms with E-state index in [4.69, 9.17) is 0 Å². The molecule has 0 radical (unpaired) electrons. The summed E-state index contributed by atoms with van der Waals surface area (Å²) in [7, 11) is 0. The smallest absolute Gasteiger partial charge is 0.319 e. The van der Waals surface area contributed by atoms with E-state index in [1.807, 2.05) is 18.2 Å². The lowest BCUT2D eigenvalue weighted by Crippen LogP contribution is -2.30. The Labute approximate surface area is 98.5 Å². The SMILES string of the molecule is O=C(NCCc1ccccn1)Nc1cn[nH]c1. The number of aromatic amines is 1. The largest absolute Gasteiger partial charge is 0.337 e. The van der Waals surface area contributed by atoms with Crippen LogP contribution in [0, 0.1) is 0 Å². The number of rotatable bonds is 4. The van der Waals surface area contributed by atoms with E-state index in [9.17, 15) is 4.79 Å². The molecule has 2 heterocycles. The third-order valence-electron chi connectivity index (χ3n) is 2.15. The van der Waals surface area contributed by atoms with Gasteiger partial charge in [0.25, 0.3) is 0 Å². The fraction of sp³-hybridized carbons (Fsp3) is 0.182. The number of nitrogens with zero attached hydrogens (tertiary/aromatic N) is 2. The van der Waals surface area contributed by atoms with E-state index in [1.54, 1.807) is 18.6 Å². The maximum Gasteiger partial charge on any atom is 0.319 e. The van der Waals surface area contributed by atoms with E-state index in [0.29, 0.717) is 18.7 Å². The van der Waals surface area contributed by atoms with Gasteiger partial charge >= 0.3 is 6.03 Å². The Morgan fingerprint density at radius 1 is 1.41 bits per heavy atom. The number of hydrogen-bond donors (Lipinski definition) is 3. The molecule has 0 spiro atoms. The van der Waals surface area contributed by atoms with E-state index in [2.05, 4.69) is 25.8 Å². The number of hydrogen-bond acceptors (Lipinski definition) is 3. The molecule has 2 amide bonds. The number of nitrogens with one attached hydrogen (secondary N) is 3. The first-order valence-corrected chi connectivity index (χ1v) is 5.28. The zero-order valence-corrected chi connectivity index (χ0v) is 9.18. The van der Waals surface area contributed by atoms with Crippen molar-refractivity contribution < 1.29 is 4.79 Å². The Balaban J connectivity index is 1.70. The van der Waals surface area contributed by atoms with Crippen molar-refractivity contribution in [2.24, 2.45) is 0 Å². The van der Waals surface area contributed by atoms with Crippen LogP contribution in [-0.2, 0) is 6.42 Å². The van der Waals surface area contributed by atoms with Crippen LogP contribution in [0.1, 0.15) is 5.69 Å². The van der Waals surface area contributed by atoms with E-state index in [-0.39, 0.29) is 6.03 Å². The minimum absolute atomic E-state index is 0.248. The van der Waals surface area contributed by atoms with Gasteiger partial charge in [0.1, 0.15) is 0 Å². The highest BCUT2D eigenvalue weighted by Crippen LogP contribution is 2.00. The predicted octanol–water partition coefficient (Wildman–Crippen LogP) is 1.17. The number of carbonyl (C=O) groups is 1. The molecule has 2 aromatic heterocycles. The topological polar surface area (TPSA) is 82.7 Å². The molecule has 0 saturated carbocycles. The van der Waals surface area contributed by atoms with Crippen LogP contribution in [0.5, 0.6) is 0 Å². The summed E-state index contributed by atoms with van der Waals surface area (Å²) in [5.41, 5.74) is 1.59. The zero-order valence-electron chi connectivity index (χ0n) is 9.18. The molecule has 2 aromatic rings. The Bertz CT molecular complexity index is 454. The Morgan fingerprint density at radius 2 is 2.35 bits per heavy atom. The Kier molecular flexibility index (Phi) is 3.69. The lowest BCUT2D eigenvalue weighted by Gasteiger charge is -2.05. The Hall–Kier alpha value is -2.37. The average Bonchev–Trinajstić information content (AvgIpc) is 2.83. The van der Waals surface area contributed by atoms with Gasteiger partial charge in [-0.1, -0.05) is 6.07 Å². The number of amides is 2. The second-order valence-electron chi connectivity index (χ2n) is 3.44. The lowest BCUT2D eigenvalue weighted by molar-refractivity contribution is 0.252. The van der Waals surface area contributed by atoms with Crippen LogP contribution in [0.2, 0.25) is 0 Å². The first-order valence-electron chi connectivity index (χ1n) is 5.28. The number of carbonyl (C=O) groups excluding carboxylic acids is 1. The molecule has 0 aromatic carbocycles. The molecule has 2 rings (SSSR count). The molecule has 0 aliphatic heterocycles. The summed E-state index contributed by atoms with van der Waals surface area (Å²) in [6, 6.07) is 5.47. The molecule has 88 valence electrons. The van der Waals surface area contributed by atoms with E-state index < -0.39 is 0 Å². The first kappa shape index (κ1) is 11.1. The highest BCUT2D eigenvalue weighted by molar-refractivity contribution is 5.88. The molecule has 0 aliphatic rings. The molecular formula is C11H13N5O. The minimum atomic E-state index is -0.248. The van der Waals surface area contributed by atoms with Gasteiger partial charge in [0, 0.05) is 31.1 Å². The van der Waals surface area contributed by atoms with Crippen molar-refractivity contribution in [3.63, 3.8) is 0 Å². The molecule has 6 nitrogen and oxygen atoms in total. The van der Waals surface area contributed by atoms with Crippen molar-refractivity contribution in [2.45, 2.75) is 6.42 Å². The number of H-pyrrole nitrogens is 1. The van der Waals surface area contributed by atoms with Gasteiger partial charge in [0.15, 0.2) is 0 Å². The van der Waals surface area contributed by atoms with Crippen molar-refractivity contribution in [1.29, 1.82) is 0 Å². The summed E-state index contributed by atoms with van der Waals surface area (Å²) >= 11 is 0. The maximum atomic E-state index is 11.4. The molecule has 0 unspecified atom stereocenters. The average molecular weight is 231 g/mol. The van der Waals surface area contributed by atoms with Gasteiger partial charge in [-0.2, -0.15) is 5.10 Å². The number of urea groups is 1. The lowest BCUT2D eigenvalue weighted by atomic mass is 10.3. The van der Waals surface area contributed by atoms with Crippen molar-refractivity contribution in [3.05, 3.63) is 42.5 Å². The predicted molar refractivity (Wildman–Crippen MR) is 63.6 cm³/mol. The highest BCUT2D eigenvalue weighted by atomic mass is 16.2. The summed E-state index contributed by atoms with van der Waals surface area (Å²) in [6.45, 7) is 0.542. The second-order valence-corrected chi connectivity index (χ2v) is 3.44. The van der Waals surface area contributed by atoms with Crippen LogP contribution in [0.3, 0.4) is 0 Å². The maximum absolute atomic E-state index is 11.4. The summed E-state index contributed by atoms with van der Waals surface area (Å²) in [6.07, 6.45) is 5.59. The molecule has 0 atom stereocenters. The van der Waals surface area contributed by atoms with Gasteiger partial charge in [-0.3, -0.25) is 10.1 Å². The minimum Gasteiger partial charge on any atom is -0.337 e. The number of pyridine rings is 1. The molecule has 0 saturated heterocycles.